The molecule has 2 unspecified atom stereocenters. The second kappa shape index (κ2) is 12.4. The van der Waals surface area contributed by atoms with Gasteiger partial charge in [0.15, 0.2) is 34.2 Å². The summed E-state index contributed by atoms with van der Waals surface area (Å²) < 4.78 is 97.0. The molecule has 0 bridgehead atoms. The molecule has 4 aliphatic carbocycles. The number of ether oxygens (including phenoxy) is 1. The monoisotopic (exact) mass is 598 g/mol. The average Bonchev–Trinajstić information content (AvgIpc) is 3.00. The van der Waals surface area contributed by atoms with E-state index in [1.54, 1.807) is 0 Å². The van der Waals surface area contributed by atoms with Gasteiger partial charge < -0.3 is 4.74 Å². The maximum Gasteiger partial charge on any atom is 0.302 e. The Bertz CT molecular complexity index is 1250. The minimum absolute atomic E-state index is 0.108. The Balaban J connectivity index is 1.66. The van der Waals surface area contributed by atoms with Crippen LogP contribution >= 0.6 is 0 Å². The van der Waals surface area contributed by atoms with Crippen molar-refractivity contribution in [3.05, 3.63) is 51.2 Å². The maximum atomic E-state index is 15.9. The molecule has 1 aromatic rings. The second-order valence-electron chi connectivity index (χ2n) is 12.5. The minimum Gasteiger partial charge on any atom is -0.476 e. The van der Waals surface area contributed by atoms with Crippen molar-refractivity contribution < 1.29 is 34.9 Å². The fourth-order valence-electron chi connectivity index (χ4n) is 7.43. The fourth-order valence-corrected chi connectivity index (χ4v) is 8.25. The quantitative estimate of drug-likeness (QED) is 0.232. The van der Waals surface area contributed by atoms with Gasteiger partial charge in [-0.3, -0.25) is 4.18 Å². The highest BCUT2D eigenvalue weighted by Gasteiger charge is 2.55. The summed E-state index contributed by atoms with van der Waals surface area (Å²) in [7, 11) is -4.36. The molecule has 4 nitrogen and oxygen atoms in total. The maximum absolute atomic E-state index is 15.9. The molecule has 228 valence electrons. The van der Waals surface area contributed by atoms with E-state index in [0.29, 0.717) is 18.8 Å². The molecule has 9 heteroatoms. The SMILES string of the molecule is COS(=O)(=O)C1=C(F)C(F)C(C)(Oc2c(C3CCCCC3)cc(C3CCCCC3)cc2C2CCCCC2)C(F)=C1F. The number of alkyl halides is 1. The molecular weight excluding hydrogens is 556 g/mol. The Hall–Kier alpha value is -1.87. The first-order valence-corrected chi connectivity index (χ1v) is 16.8. The number of rotatable bonds is 7. The summed E-state index contributed by atoms with van der Waals surface area (Å²) in [4.78, 5) is -1.75. The molecule has 0 N–H and O–H groups in total. The van der Waals surface area contributed by atoms with Crippen LogP contribution < -0.4 is 4.74 Å². The third kappa shape index (κ3) is 5.86. The predicted molar refractivity (Wildman–Crippen MR) is 151 cm³/mol. The summed E-state index contributed by atoms with van der Waals surface area (Å²) in [6.45, 7) is 0.965. The van der Waals surface area contributed by atoms with Crippen LogP contribution in [0.3, 0.4) is 0 Å². The van der Waals surface area contributed by atoms with E-state index in [1.807, 2.05) is 0 Å². The number of allylic oxidation sites excluding steroid dienone is 1. The molecule has 0 aliphatic heterocycles. The number of benzene rings is 1. The Morgan fingerprint density at radius 3 is 1.63 bits per heavy atom. The molecule has 0 radical (unpaired) electrons. The molecule has 2 atom stereocenters. The summed E-state index contributed by atoms with van der Waals surface area (Å²) >= 11 is 0. The summed E-state index contributed by atoms with van der Waals surface area (Å²) in [5.41, 5.74) is 0.245. The van der Waals surface area contributed by atoms with Crippen molar-refractivity contribution in [1.82, 2.24) is 0 Å². The minimum atomic E-state index is -5.04. The largest absolute Gasteiger partial charge is 0.476 e. The zero-order chi connectivity index (χ0) is 29.4. The van der Waals surface area contributed by atoms with Crippen molar-refractivity contribution in [3.8, 4) is 5.75 Å². The van der Waals surface area contributed by atoms with Gasteiger partial charge in [-0.15, -0.1) is 0 Å². The van der Waals surface area contributed by atoms with Gasteiger partial charge in [-0.05, 0) is 79.9 Å². The number of halogens is 4. The van der Waals surface area contributed by atoms with E-state index in [1.165, 1.54) is 12.0 Å². The molecular formula is C32H42F4O4S. The molecule has 0 amide bonds. The van der Waals surface area contributed by atoms with Crippen molar-refractivity contribution >= 4 is 10.1 Å². The van der Waals surface area contributed by atoms with E-state index >= 15 is 17.6 Å². The Morgan fingerprint density at radius 1 is 0.756 bits per heavy atom. The van der Waals surface area contributed by atoms with Crippen molar-refractivity contribution in [2.75, 3.05) is 7.11 Å². The van der Waals surface area contributed by atoms with Gasteiger partial charge in [0, 0.05) is 0 Å². The van der Waals surface area contributed by atoms with E-state index in [0.717, 1.165) is 108 Å². The normalized spacial score (nSPS) is 27.9. The van der Waals surface area contributed by atoms with Crippen LogP contribution in [-0.2, 0) is 14.3 Å². The molecule has 3 fully saturated rings. The molecule has 1 aromatic carbocycles. The van der Waals surface area contributed by atoms with Gasteiger partial charge in [-0.2, -0.15) is 8.42 Å². The van der Waals surface area contributed by atoms with Gasteiger partial charge in [0.1, 0.15) is 5.75 Å². The van der Waals surface area contributed by atoms with Gasteiger partial charge in [0.2, 0.25) is 0 Å². The van der Waals surface area contributed by atoms with Gasteiger partial charge in [0.05, 0.1) is 7.11 Å². The lowest BCUT2D eigenvalue weighted by atomic mass is 9.75. The zero-order valence-corrected chi connectivity index (χ0v) is 24.9. The summed E-state index contributed by atoms with van der Waals surface area (Å²) in [6.07, 6.45) is 12.8. The predicted octanol–water partition coefficient (Wildman–Crippen LogP) is 9.63. The molecule has 0 heterocycles. The van der Waals surface area contributed by atoms with Crippen molar-refractivity contribution in [3.63, 3.8) is 0 Å². The van der Waals surface area contributed by atoms with Crippen LogP contribution in [0.2, 0.25) is 0 Å². The van der Waals surface area contributed by atoms with Crippen LogP contribution in [0.25, 0.3) is 0 Å². The van der Waals surface area contributed by atoms with E-state index in [4.69, 9.17) is 4.74 Å². The van der Waals surface area contributed by atoms with Crippen LogP contribution in [0.15, 0.2) is 34.5 Å². The zero-order valence-electron chi connectivity index (χ0n) is 24.1. The highest BCUT2D eigenvalue weighted by Crippen LogP contribution is 2.51. The van der Waals surface area contributed by atoms with E-state index in [9.17, 15) is 8.42 Å². The number of hydrogen-bond acceptors (Lipinski definition) is 4. The summed E-state index contributed by atoms with van der Waals surface area (Å²) in [5, 5.41) is 0. The fraction of sp³-hybridized carbons (Fsp3) is 0.688. The van der Waals surface area contributed by atoms with Crippen molar-refractivity contribution in [2.24, 2.45) is 0 Å². The first kappa shape index (κ1) is 30.6. The number of hydrogen-bond donors (Lipinski definition) is 0. The van der Waals surface area contributed by atoms with Crippen molar-refractivity contribution in [1.29, 1.82) is 0 Å². The third-order valence-electron chi connectivity index (χ3n) is 9.87. The lowest BCUT2D eigenvalue weighted by Crippen LogP contribution is -2.47. The molecule has 41 heavy (non-hydrogen) atoms. The first-order valence-electron chi connectivity index (χ1n) is 15.4. The highest BCUT2D eigenvalue weighted by atomic mass is 32.2. The Kier molecular flexibility index (Phi) is 9.24. The standard InChI is InChI=1S/C32H42F4O4S/c1-32(30(35)26(33)29(27(34)31(32)36)41(37,38)39-2)40-28-24(21-14-8-4-9-15-21)18-23(20-12-6-3-7-13-20)19-25(28)22-16-10-5-11-17-22/h18-22,30H,3-17H2,1-2H3. The topological polar surface area (TPSA) is 52.6 Å². The Labute approximate surface area is 241 Å². The molecule has 0 saturated heterocycles. The Morgan fingerprint density at radius 2 is 1.20 bits per heavy atom. The van der Waals surface area contributed by atoms with Crippen molar-refractivity contribution in [2.45, 2.75) is 133 Å². The smallest absolute Gasteiger partial charge is 0.302 e. The van der Waals surface area contributed by atoms with E-state index < -0.39 is 44.3 Å². The van der Waals surface area contributed by atoms with Gasteiger partial charge in [0.25, 0.3) is 0 Å². The van der Waals surface area contributed by atoms with Crippen LogP contribution in [0.5, 0.6) is 5.75 Å². The molecule has 0 spiro atoms. The van der Waals surface area contributed by atoms with Gasteiger partial charge >= 0.3 is 10.1 Å². The average molecular weight is 599 g/mol. The van der Waals surface area contributed by atoms with Crippen LogP contribution in [-0.4, -0.2) is 27.3 Å². The molecule has 0 aromatic heterocycles. The highest BCUT2D eigenvalue weighted by molar-refractivity contribution is 7.91. The van der Waals surface area contributed by atoms with Crippen LogP contribution in [0, 0.1) is 0 Å². The summed E-state index contributed by atoms with van der Waals surface area (Å²) in [6, 6.07) is 4.27. The van der Waals surface area contributed by atoms with E-state index in [-0.39, 0.29) is 11.8 Å². The molecule has 5 rings (SSSR count). The summed E-state index contributed by atoms with van der Waals surface area (Å²) in [5.74, 6) is -4.82. The molecule has 4 aliphatic rings. The van der Waals surface area contributed by atoms with Crippen LogP contribution in [0.1, 0.15) is 138 Å². The third-order valence-corrected chi connectivity index (χ3v) is 11.2. The second-order valence-corrected chi connectivity index (χ2v) is 14.2. The van der Waals surface area contributed by atoms with Crippen LogP contribution in [0.4, 0.5) is 17.6 Å². The lowest BCUT2D eigenvalue weighted by Gasteiger charge is -2.39. The van der Waals surface area contributed by atoms with Gasteiger partial charge in [-0.1, -0.05) is 69.9 Å². The van der Waals surface area contributed by atoms with E-state index in [2.05, 4.69) is 16.3 Å². The first-order chi connectivity index (χ1) is 19.6. The lowest BCUT2D eigenvalue weighted by molar-refractivity contribution is 0.0156. The van der Waals surface area contributed by atoms with Gasteiger partial charge in [-0.25, -0.2) is 17.6 Å². The molecule has 3 saturated carbocycles.